The minimum Gasteiger partial charge on any atom is -0.310 e. The third-order valence-corrected chi connectivity index (χ3v) is 11.5. The molecule has 0 fully saturated rings. The van der Waals surface area contributed by atoms with Gasteiger partial charge in [0.2, 0.25) is 0 Å². The van der Waals surface area contributed by atoms with E-state index in [2.05, 4.69) is 240 Å². The highest BCUT2D eigenvalue weighted by Crippen LogP contribution is 2.41. The molecule has 58 heavy (non-hydrogen) atoms. The Labute approximate surface area is 338 Å². The molecule has 0 aliphatic heterocycles. The Morgan fingerprint density at radius 2 is 0.724 bits per heavy atom. The normalized spacial score (nSPS) is 11.4. The van der Waals surface area contributed by atoms with Crippen molar-refractivity contribution in [2.24, 2.45) is 0 Å². The summed E-state index contributed by atoms with van der Waals surface area (Å²) in [7, 11) is 0. The van der Waals surface area contributed by atoms with E-state index < -0.39 is 0 Å². The number of hydrogen-bond acceptors (Lipinski definition) is 1. The van der Waals surface area contributed by atoms with E-state index in [4.69, 9.17) is 0 Å². The number of rotatable bonds is 7. The van der Waals surface area contributed by atoms with Gasteiger partial charge in [0.1, 0.15) is 0 Å². The summed E-state index contributed by atoms with van der Waals surface area (Å²) >= 11 is 0. The summed E-state index contributed by atoms with van der Waals surface area (Å²) in [6.07, 6.45) is 0. The summed E-state index contributed by atoms with van der Waals surface area (Å²) in [4.78, 5) is 2.39. The zero-order chi connectivity index (χ0) is 38.4. The first-order valence-corrected chi connectivity index (χ1v) is 19.9. The lowest BCUT2D eigenvalue weighted by molar-refractivity contribution is 1.18. The topological polar surface area (TPSA) is 8.17 Å². The molecule has 0 N–H and O–H groups in total. The van der Waals surface area contributed by atoms with E-state index in [1.807, 2.05) is 0 Å². The standard InChI is InChI=1S/C56H38N2/c1-3-11-39(12-4-1)41-27-30-50(31-28-41)57(52-33-34-54-53-17-9-10-18-55(53)58(56(54)38-52)49-15-5-2-6-16-49)51-32-29-44-24-26-47(36-48(44)37-51)43-21-19-42(20-22-43)46-25-23-40-13-7-8-14-45(40)35-46/h1-38H. The molecule has 0 saturated heterocycles. The Morgan fingerprint density at radius 3 is 1.47 bits per heavy atom. The van der Waals surface area contributed by atoms with Gasteiger partial charge in [0.05, 0.1) is 11.0 Å². The second-order valence-electron chi connectivity index (χ2n) is 15.0. The maximum atomic E-state index is 2.39. The monoisotopic (exact) mass is 738 g/mol. The van der Waals surface area contributed by atoms with E-state index in [1.165, 1.54) is 76.7 Å². The summed E-state index contributed by atoms with van der Waals surface area (Å²) in [5, 5.41) is 7.40. The fourth-order valence-electron chi connectivity index (χ4n) is 8.61. The second kappa shape index (κ2) is 14.1. The van der Waals surface area contributed by atoms with Crippen LogP contribution < -0.4 is 4.90 Å². The van der Waals surface area contributed by atoms with E-state index in [0.29, 0.717) is 0 Å². The Balaban J connectivity index is 1.02. The lowest BCUT2D eigenvalue weighted by Crippen LogP contribution is -2.10. The molecule has 11 rings (SSSR count). The summed E-state index contributed by atoms with van der Waals surface area (Å²) in [5.41, 5.74) is 14.1. The Bertz CT molecular complexity index is 3250. The Morgan fingerprint density at radius 1 is 0.259 bits per heavy atom. The zero-order valence-corrected chi connectivity index (χ0v) is 31.8. The second-order valence-corrected chi connectivity index (χ2v) is 15.0. The number of anilines is 3. The third-order valence-electron chi connectivity index (χ3n) is 11.5. The van der Waals surface area contributed by atoms with Crippen molar-refractivity contribution < 1.29 is 0 Å². The van der Waals surface area contributed by atoms with Crippen LogP contribution in [0.25, 0.3) is 82.4 Å². The van der Waals surface area contributed by atoms with Crippen LogP contribution >= 0.6 is 0 Å². The largest absolute Gasteiger partial charge is 0.310 e. The van der Waals surface area contributed by atoms with Crippen molar-refractivity contribution >= 4 is 60.4 Å². The van der Waals surface area contributed by atoms with Gasteiger partial charge in [-0.2, -0.15) is 0 Å². The van der Waals surface area contributed by atoms with Crippen molar-refractivity contribution in [2.75, 3.05) is 4.90 Å². The van der Waals surface area contributed by atoms with Gasteiger partial charge in [-0.15, -0.1) is 0 Å². The summed E-state index contributed by atoms with van der Waals surface area (Å²) < 4.78 is 2.39. The van der Waals surface area contributed by atoms with Gasteiger partial charge in [0, 0.05) is 33.5 Å². The van der Waals surface area contributed by atoms with E-state index in [9.17, 15) is 0 Å². The quantitative estimate of drug-likeness (QED) is 0.158. The molecule has 2 heteroatoms. The van der Waals surface area contributed by atoms with Gasteiger partial charge in [-0.3, -0.25) is 0 Å². The van der Waals surface area contributed by atoms with Crippen LogP contribution in [-0.4, -0.2) is 4.57 Å². The molecule has 2 nitrogen and oxygen atoms in total. The average molecular weight is 739 g/mol. The van der Waals surface area contributed by atoms with Crippen molar-refractivity contribution in [2.45, 2.75) is 0 Å². The van der Waals surface area contributed by atoms with Gasteiger partial charge < -0.3 is 9.47 Å². The molecule has 0 spiro atoms. The van der Waals surface area contributed by atoms with Crippen LogP contribution in [0.2, 0.25) is 0 Å². The van der Waals surface area contributed by atoms with E-state index >= 15 is 0 Å². The SMILES string of the molecule is c1ccc(-c2ccc(N(c3ccc4ccc(-c5ccc(-c6ccc7ccccc7c6)cc5)cc4c3)c3ccc4c5ccccc5n(-c5ccccc5)c4c3)cc2)cc1. The third kappa shape index (κ3) is 6.00. The predicted octanol–water partition coefficient (Wildman–Crippen LogP) is 15.6. The number of hydrogen-bond donors (Lipinski definition) is 0. The molecule has 0 aliphatic rings. The zero-order valence-electron chi connectivity index (χ0n) is 31.8. The molecule has 272 valence electrons. The first-order chi connectivity index (χ1) is 28.7. The lowest BCUT2D eigenvalue weighted by Gasteiger charge is -2.26. The van der Waals surface area contributed by atoms with Crippen LogP contribution in [0.3, 0.4) is 0 Å². The molecule has 0 radical (unpaired) electrons. The number of aromatic nitrogens is 1. The molecule has 0 amide bonds. The maximum Gasteiger partial charge on any atom is 0.0561 e. The van der Waals surface area contributed by atoms with Crippen LogP contribution in [0.15, 0.2) is 231 Å². The minimum absolute atomic E-state index is 1.10. The van der Waals surface area contributed by atoms with Crippen molar-refractivity contribution in [3.8, 4) is 39.1 Å². The molecule has 0 bridgehead atoms. The highest BCUT2D eigenvalue weighted by Gasteiger charge is 2.18. The van der Waals surface area contributed by atoms with Crippen molar-refractivity contribution in [3.63, 3.8) is 0 Å². The Hall–Kier alpha value is -7.68. The number of nitrogens with zero attached hydrogens (tertiary/aromatic N) is 2. The van der Waals surface area contributed by atoms with Crippen LogP contribution in [0, 0.1) is 0 Å². The fourth-order valence-corrected chi connectivity index (χ4v) is 8.61. The van der Waals surface area contributed by atoms with Gasteiger partial charge >= 0.3 is 0 Å². The highest BCUT2D eigenvalue weighted by molar-refractivity contribution is 6.10. The van der Waals surface area contributed by atoms with E-state index in [-0.39, 0.29) is 0 Å². The van der Waals surface area contributed by atoms with Gasteiger partial charge in [0.25, 0.3) is 0 Å². The van der Waals surface area contributed by atoms with Crippen molar-refractivity contribution in [1.82, 2.24) is 4.57 Å². The van der Waals surface area contributed by atoms with Crippen LogP contribution in [0.1, 0.15) is 0 Å². The van der Waals surface area contributed by atoms with E-state index in [0.717, 1.165) is 22.7 Å². The van der Waals surface area contributed by atoms with Crippen molar-refractivity contribution in [1.29, 1.82) is 0 Å². The first-order valence-electron chi connectivity index (χ1n) is 19.9. The van der Waals surface area contributed by atoms with Gasteiger partial charge in [0.15, 0.2) is 0 Å². The number of fused-ring (bicyclic) bond motifs is 5. The summed E-state index contributed by atoms with van der Waals surface area (Å²) in [6, 6.07) is 83.8. The molecule has 11 aromatic rings. The minimum atomic E-state index is 1.10. The first kappa shape index (κ1) is 33.6. The number of benzene rings is 10. The summed E-state index contributed by atoms with van der Waals surface area (Å²) in [6.45, 7) is 0. The van der Waals surface area contributed by atoms with Crippen LogP contribution in [0.5, 0.6) is 0 Å². The van der Waals surface area contributed by atoms with Gasteiger partial charge in [-0.25, -0.2) is 0 Å². The molecule has 10 aromatic carbocycles. The van der Waals surface area contributed by atoms with Gasteiger partial charge in [-0.05, 0) is 122 Å². The van der Waals surface area contributed by atoms with Crippen molar-refractivity contribution in [3.05, 3.63) is 231 Å². The fraction of sp³-hybridized carbons (Fsp3) is 0. The molecular formula is C56H38N2. The molecule has 1 aromatic heterocycles. The smallest absolute Gasteiger partial charge is 0.0561 e. The predicted molar refractivity (Wildman–Crippen MR) is 247 cm³/mol. The molecule has 0 unspecified atom stereocenters. The van der Waals surface area contributed by atoms with E-state index in [1.54, 1.807) is 0 Å². The average Bonchev–Trinajstić information content (AvgIpc) is 3.63. The Kier molecular flexibility index (Phi) is 8.19. The van der Waals surface area contributed by atoms with Crippen LogP contribution in [-0.2, 0) is 0 Å². The number of para-hydroxylation sites is 2. The molecule has 1 heterocycles. The molecule has 0 saturated carbocycles. The molecule has 0 aliphatic carbocycles. The van der Waals surface area contributed by atoms with Gasteiger partial charge in [-0.1, -0.05) is 164 Å². The summed E-state index contributed by atoms with van der Waals surface area (Å²) in [5.74, 6) is 0. The highest BCUT2D eigenvalue weighted by atomic mass is 15.1. The maximum absolute atomic E-state index is 2.39. The lowest BCUT2D eigenvalue weighted by atomic mass is 9.97. The van der Waals surface area contributed by atoms with Crippen LogP contribution in [0.4, 0.5) is 17.1 Å². The molecular weight excluding hydrogens is 701 g/mol. The molecule has 0 atom stereocenters.